The number of ether oxygens (including phenoxy) is 1. The summed E-state index contributed by atoms with van der Waals surface area (Å²) in [5, 5.41) is 4.40. The average Bonchev–Trinajstić information content (AvgIpc) is 3.33. The first-order valence-corrected chi connectivity index (χ1v) is 13.2. The number of aromatic nitrogens is 3. The molecule has 1 saturated heterocycles. The molecule has 0 radical (unpaired) electrons. The second-order valence-corrected chi connectivity index (χ2v) is 10.5. The smallest absolute Gasteiger partial charge is 0.227 e. The van der Waals surface area contributed by atoms with E-state index in [4.69, 9.17) is 4.74 Å². The number of anilines is 3. The zero-order valence-corrected chi connectivity index (χ0v) is 21.9. The van der Waals surface area contributed by atoms with E-state index in [0.29, 0.717) is 30.3 Å². The number of halogens is 2. The number of likely N-dealkylation sites (tertiary alicyclic amines) is 1. The third-order valence-electron chi connectivity index (χ3n) is 7.68. The lowest BCUT2D eigenvalue weighted by Crippen LogP contribution is -2.38. The Hall–Kier alpha value is -3.72. The van der Waals surface area contributed by atoms with Crippen LogP contribution in [0.3, 0.4) is 0 Å². The van der Waals surface area contributed by atoms with Gasteiger partial charge in [0.2, 0.25) is 5.95 Å². The topological polar surface area (TPSA) is 69.3 Å². The normalized spacial score (nSPS) is 16.6. The average molecular weight is 519 g/mol. The van der Waals surface area contributed by atoms with E-state index in [1.54, 1.807) is 6.07 Å². The number of piperidine rings is 1. The van der Waals surface area contributed by atoms with Gasteiger partial charge in [0.25, 0.3) is 0 Å². The highest BCUT2D eigenvalue weighted by atomic mass is 19.1. The Morgan fingerprint density at radius 2 is 1.89 bits per heavy atom. The number of H-pyrrole nitrogens is 1. The first-order valence-electron chi connectivity index (χ1n) is 13.2. The Labute approximate surface area is 220 Å². The van der Waals surface area contributed by atoms with Crippen LogP contribution in [0.5, 0.6) is 5.75 Å². The predicted octanol–water partition coefficient (Wildman–Crippen LogP) is 6.06. The van der Waals surface area contributed by atoms with Crippen molar-refractivity contribution in [3.05, 3.63) is 59.9 Å². The molecule has 9 heteroatoms. The van der Waals surface area contributed by atoms with Crippen LogP contribution in [0.1, 0.15) is 38.2 Å². The molecular weight excluding hydrogens is 486 g/mol. The van der Waals surface area contributed by atoms with Crippen molar-refractivity contribution in [2.45, 2.75) is 38.6 Å². The summed E-state index contributed by atoms with van der Waals surface area (Å²) in [6.45, 7) is 7.32. The van der Waals surface area contributed by atoms with Crippen LogP contribution in [0.4, 0.5) is 26.1 Å². The lowest BCUT2D eigenvalue weighted by Gasteiger charge is -2.34. The lowest BCUT2D eigenvalue weighted by atomic mass is 9.89. The quantitative estimate of drug-likeness (QED) is 0.335. The molecule has 0 amide bonds. The number of rotatable bonds is 5. The van der Waals surface area contributed by atoms with Crippen molar-refractivity contribution >= 4 is 28.2 Å². The van der Waals surface area contributed by atoms with Gasteiger partial charge >= 0.3 is 0 Å². The summed E-state index contributed by atoms with van der Waals surface area (Å²) in [5.41, 5.74) is 4.13. The van der Waals surface area contributed by atoms with Crippen molar-refractivity contribution in [3.63, 3.8) is 0 Å². The van der Waals surface area contributed by atoms with Crippen LogP contribution in [0.15, 0.2) is 42.7 Å². The van der Waals surface area contributed by atoms with Gasteiger partial charge in [-0.2, -0.15) is 0 Å². The van der Waals surface area contributed by atoms with E-state index in [9.17, 15) is 8.78 Å². The second kappa shape index (κ2) is 9.87. The summed E-state index contributed by atoms with van der Waals surface area (Å²) in [7, 11) is 2.17. The molecule has 0 spiro atoms. The third-order valence-corrected chi connectivity index (χ3v) is 7.68. The molecule has 0 aliphatic carbocycles. The standard InChI is InChI=1S/C29H32F2N6O/c1-17(2)37-10-11-38-28-23(30)12-19(13-26(28)37)27-24(31)16-33-29(35-27)34-20-4-5-21-22(15-32-25(21)14-20)18-6-8-36(3)9-7-18/h4-5,12-18,32H,6-11H2,1-3H3,(H,33,34,35). The zero-order valence-electron chi connectivity index (χ0n) is 21.9. The van der Waals surface area contributed by atoms with Gasteiger partial charge in [0.05, 0.1) is 18.4 Å². The summed E-state index contributed by atoms with van der Waals surface area (Å²) in [6, 6.07) is 9.25. The molecule has 2 aromatic heterocycles. The molecule has 38 heavy (non-hydrogen) atoms. The van der Waals surface area contributed by atoms with Gasteiger partial charge < -0.3 is 24.8 Å². The number of nitrogens with zero attached hydrogens (tertiary/aromatic N) is 4. The van der Waals surface area contributed by atoms with Gasteiger partial charge in [-0.1, -0.05) is 6.07 Å². The van der Waals surface area contributed by atoms with E-state index in [1.165, 1.54) is 17.0 Å². The fraction of sp³-hybridized carbons (Fsp3) is 0.379. The van der Waals surface area contributed by atoms with Crippen molar-refractivity contribution in [2.75, 3.05) is 43.5 Å². The molecule has 4 heterocycles. The van der Waals surface area contributed by atoms with E-state index in [0.717, 1.165) is 43.3 Å². The molecule has 2 aliphatic rings. The van der Waals surface area contributed by atoms with Crippen LogP contribution in [0.25, 0.3) is 22.2 Å². The highest BCUT2D eigenvalue weighted by Gasteiger charge is 2.26. The molecule has 0 unspecified atom stereocenters. The fourth-order valence-corrected chi connectivity index (χ4v) is 5.62. The Balaban J connectivity index is 1.28. The molecule has 2 aliphatic heterocycles. The molecule has 6 rings (SSSR count). The zero-order chi connectivity index (χ0) is 26.4. The highest BCUT2D eigenvalue weighted by Crippen LogP contribution is 2.39. The number of hydrogen-bond acceptors (Lipinski definition) is 6. The van der Waals surface area contributed by atoms with Gasteiger partial charge in [-0.25, -0.2) is 18.7 Å². The molecule has 198 valence electrons. The van der Waals surface area contributed by atoms with Crippen LogP contribution in [-0.2, 0) is 0 Å². The SMILES string of the molecule is CC(C)N1CCOc2c(F)cc(-c3nc(Nc4ccc5c(C6CCN(C)CC6)c[nH]c5c4)ncc3F)cc21. The van der Waals surface area contributed by atoms with E-state index in [2.05, 4.69) is 49.4 Å². The molecule has 1 fully saturated rings. The van der Waals surface area contributed by atoms with Crippen LogP contribution in [-0.4, -0.2) is 59.2 Å². The Bertz CT molecular complexity index is 1480. The number of hydrogen-bond donors (Lipinski definition) is 2. The van der Waals surface area contributed by atoms with Crippen molar-refractivity contribution in [2.24, 2.45) is 0 Å². The molecule has 0 bridgehead atoms. The minimum Gasteiger partial charge on any atom is -0.486 e. The van der Waals surface area contributed by atoms with E-state index in [-0.39, 0.29) is 23.4 Å². The van der Waals surface area contributed by atoms with Crippen molar-refractivity contribution in [1.82, 2.24) is 19.9 Å². The fourth-order valence-electron chi connectivity index (χ4n) is 5.62. The van der Waals surface area contributed by atoms with E-state index < -0.39 is 11.6 Å². The van der Waals surface area contributed by atoms with Gasteiger partial charge in [0, 0.05) is 34.4 Å². The molecule has 0 atom stereocenters. The number of fused-ring (bicyclic) bond motifs is 2. The summed E-state index contributed by atoms with van der Waals surface area (Å²) in [5.74, 6) is -0.174. The Kier molecular flexibility index (Phi) is 6.39. The maximum Gasteiger partial charge on any atom is 0.227 e. The van der Waals surface area contributed by atoms with Gasteiger partial charge in [0.1, 0.15) is 12.3 Å². The first-order chi connectivity index (χ1) is 18.4. The minimum atomic E-state index is -0.620. The lowest BCUT2D eigenvalue weighted by molar-refractivity contribution is 0.256. The molecule has 7 nitrogen and oxygen atoms in total. The van der Waals surface area contributed by atoms with Gasteiger partial charge in [-0.05, 0) is 82.6 Å². The van der Waals surface area contributed by atoms with Gasteiger partial charge in [-0.3, -0.25) is 0 Å². The van der Waals surface area contributed by atoms with Gasteiger partial charge in [0.15, 0.2) is 17.4 Å². The summed E-state index contributed by atoms with van der Waals surface area (Å²) in [4.78, 5) is 16.4. The van der Waals surface area contributed by atoms with Crippen molar-refractivity contribution in [3.8, 4) is 17.0 Å². The van der Waals surface area contributed by atoms with Crippen LogP contribution in [0, 0.1) is 11.6 Å². The van der Waals surface area contributed by atoms with E-state index in [1.807, 2.05) is 26.0 Å². The Morgan fingerprint density at radius 3 is 2.68 bits per heavy atom. The van der Waals surface area contributed by atoms with Crippen LogP contribution in [0.2, 0.25) is 0 Å². The van der Waals surface area contributed by atoms with Gasteiger partial charge in [-0.15, -0.1) is 0 Å². The number of benzene rings is 2. The maximum absolute atomic E-state index is 15.0. The molecule has 2 N–H and O–H groups in total. The third kappa shape index (κ3) is 4.55. The van der Waals surface area contributed by atoms with Crippen LogP contribution >= 0.6 is 0 Å². The summed E-state index contributed by atoms with van der Waals surface area (Å²) >= 11 is 0. The number of aromatic amines is 1. The first kappa shape index (κ1) is 24.6. The minimum absolute atomic E-state index is 0.0315. The van der Waals surface area contributed by atoms with Crippen LogP contribution < -0.4 is 15.0 Å². The monoisotopic (exact) mass is 518 g/mol. The molecular formula is C29H32F2N6O. The highest BCUT2D eigenvalue weighted by molar-refractivity contribution is 5.87. The largest absolute Gasteiger partial charge is 0.486 e. The predicted molar refractivity (Wildman–Crippen MR) is 146 cm³/mol. The maximum atomic E-state index is 15.0. The molecule has 2 aromatic carbocycles. The Morgan fingerprint density at radius 1 is 1.08 bits per heavy atom. The summed E-state index contributed by atoms with van der Waals surface area (Å²) in [6.07, 6.45) is 5.54. The molecule has 4 aromatic rings. The number of nitrogens with one attached hydrogen (secondary N) is 2. The molecule has 0 saturated carbocycles. The van der Waals surface area contributed by atoms with Crippen molar-refractivity contribution < 1.29 is 13.5 Å². The van der Waals surface area contributed by atoms with Crippen molar-refractivity contribution in [1.29, 1.82) is 0 Å². The second-order valence-electron chi connectivity index (χ2n) is 10.5. The van der Waals surface area contributed by atoms with E-state index >= 15 is 0 Å². The summed E-state index contributed by atoms with van der Waals surface area (Å²) < 4.78 is 35.5.